The fraction of sp³-hybridized carbons (Fsp3) is 0.611. The minimum absolute atomic E-state index is 0.125. The molecule has 0 aromatic heterocycles. The Bertz CT molecular complexity index is 1070. The molecule has 0 aliphatic heterocycles. The average Bonchev–Trinajstić information content (AvgIpc) is 2.88. The number of carbonyl (C=O) groups is 2. The second kappa shape index (κ2) is 16.3. The van der Waals surface area contributed by atoms with Crippen LogP contribution in [-0.2, 0) is 31.2 Å². The maximum absolute atomic E-state index is 11.5. The Hall–Kier alpha value is -3.10. The molecule has 0 bridgehead atoms. The highest BCUT2D eigenvalue weighted by molar-refractivity contribution is 5.73. The van der Waals surface area contributed by atoms with E-state index in [9.17, 15) is 19.8 Å². The minimum atomic E-state index is -0.268. The number of phenols is 2. The van der Waals surface area contributed by atoms with Crippen LogP contribution in [0.2, 0.25) is 0 Å². The Morgan fingerprint density at radius 2 is 0.727 bits per heavy atom. The molecule has 8 heteroatoms. The number of rotatable bonds is 5. The summed E-state index contributed by atoms with van der Waals surface area (Å²) in [6.07, 6.45) is 0.660. The van der Waals surface area contributed by atoms with Crippen molar-refractivity contribution in [2.24, 2.45) is 0 Å². The van der Waals surface area contributed by atoms with Crippen LogP contribution >= 0.6 is 0 Å². The van der Waals surface area contributed by atoms with Crippen LogP contribution in [0.4, 0.5) is 0 Å². The molecule has 8 nitrogen and oxygen atoms in total. The van der Waals surface area contributed by atoms with Crippen molar-refractivity contribution in [3.63, 3.8) is 0 Å². The number of ether oxygens (including phenoxy) is 2. The molecule has 2 aromatic rings. The molecule has 2 rings (SSSR count). The van der Waals surface area contributed by atoms with E-state index in [1.165, 1.54) is 0 Å². The molecule has 0 heterocycles. The van der Waals surface area contributed by atoms with Gasteiger partial charge in [0.1, 0.15) is 23.0 Å². The minimum Gasteiger partial charge on any atom is -0.507 e. The lowest BCUT2D eigenvalue weighted by molar-refractivity contribution is -0.134. The largest absolute Gasteiger partial charge is 0.507 e. The van der Waals surface area contributed by atoms with Gasteiger partial charge in [-0.2, -0.15) is 0 Å². The van der Waals surface area contributed by atoms with Gasteiger partial charge in [0.25, 0.3) is 0 Å². The Labute approximate surface area is 265 Å². The summed E-state index contributed by atoms with van der Waals surface area (Å²) in [4.78, 5) is 23.0. The first kappa shape index (κ1) is 40.9. The first-order chi connectivity index (χ1) is 19.8. The van der Waals surface area contributed by atoms with Crippen molar-refractivity contribution >= 4 is 11.9 Å². The van der Waals surface area contributed by atoms with Gasteiger partial charge < -0.3 is 29.9 Å². The lowest BCUT2D eigenvalue weighted by Crippen LogP contribution is -2.18. The number of hydrogen-bond acceptors (Lipinski definition) is 8. The van der Waals surface area contributed by atoms with E-state index in [4.69, 9.17) is 19.7 Å². The summed E-state index contributed by atoms with van der Waals surface area (Å²) in [6, 6.07) is 7.05. The molecule has 0 amide bonds. The van der Waals surface area contributed by atoms with Crippen molar-refractivity contribution in [3.8, 4) is 23.0 Å². The van der Waals surface area contributed by atoms with Crippen LogP contribution < -0.4 is 9.47 Å². The average molecular weight is 619 g/mol. The van der Waals surface area contributed by atoms with E-state index in [1.54, 1.807) is 38.1 Å². The lowest BCUT2D eigenvalue weighted by atomic mass is 9.79. The highest BCUT2D eigenvalue weighted by Gasteiger charge is 2.28. The third-order valence-corrected chi connectivity index (χ3v) is 6.54. The van der Waals surface area contributed by atoms with Crippen molar-refractivity contribution in [2.45, 2.75) is 131 Å². The molecular weight excluding hydrogens is 560 g/mol. The zero-order valence-electron chi connectivity index (χ0n) is 29.6. The molecule has 2 aromatic carbocycles. The van der Waals surface area contributed by atoms with Crippen LogP contribution in [0.15, 0.2) is 24.3 Å². The Morgan fingerprint density at radius 1 is 0.523 bits per heavy atom. The van der Waals surface area contributed by atoms with Gasteiger partial charge >= 0.3 is 11.9 Å². The van der Waals surface area contributed by atoms with Gasteiger partial charge in [0.05, 0.1) is 13.2 Å². The summed E-state index contributed by atoms with van der Waals surface area (Å²) in [7, 11) is 0. The maximum atomic E-state index is 11.5. The van der Waals surface area contributed by atoms with Gasteiger partial charge in [-0.05, 0) is 45.9 Å². The summed E-state index contributed by atoms with van der Waals surface area (Å²) in [5.74, 6) is 1.06. The molecule has 0 aliphatic carbocycles. The van der Waals surface area contributed by atoms with Crippen LogP contribution in [0.1, 0.15) is 132 Å². The normalized spacial score (nSPS) is 11.9. The fourth-order valence-electron chi connectivity index (χ4n) is 4.03. The van der Waals surface area contributed by atoms with Crippen molar-refractivity contribution in [1.29, 1.82) is 0 Å². The van der Waals surface area contributed by atoms with E-state index in [0.717, 1.165) is 22.3 Å². The Kier molecular flexibility index (Phi) is 15.1. The molecule has 44 heavy (non-hydrogen) atoms. The fourth-order valence-corrected chi connectivity index (χ4v) is 4.03. The van der Waals surface area contributed by atoms with Gasteiger partial charge in [-0.3, -0.25) is 9.59 Å². The number of carbonyl (C=O) groups excluding carboxylic acids is 2. The summed E-state index contributed by atoms with van der Waals surface area (Å²) in [6.45, 7) is 27.6. The quantitative estimate of drug-likeness (QED) is 0.199. The van der Waals surface area contributed by atoms with E-state index in [0.29, 0.717) is 35.8 Å². The van der Waals surface area contributed by atoms with Crippen molar-refractivity contribution in [1.82, 2.24) is 0 Å². The highest BCUT2D eigenvalue weighted by atomic mass is 16.5. The first-order valence-electron chi connectivity index (χ1n) is 15.2. The first-order valence-corrected chi connectivity index (χ1v) is 15.2. The highest BCUT2D eigenvalue weighted by Crippen LogP contribution is 2.43. The zero-order chi connectivity index (χ0) is 34.8. The van der Waals surface area contributed by atoms with Crippen LogP contribution in [0.3, 0.4) is 0 Å². The molecule has 250 valence electrons. The molecule has 0 spiro atoms. The van der Waals surface area contributed by atoms with Crippen LogP contribution in [0, 0.1) is 0 Å². The smallest absolute Gasteiger partial charge is 0.310 e. The number of aliphatic hydroxyl groups is 2. The van der Waals surface area contributed by atoms with E-state index in [2.05, 4.69) is 0 Å². The number of aliphatic hydroxyl groups excluding tert-OH is 2. The van der Waals surface area contributed by atoms with Gasteiger partial charge in [-0.15, -0.1) is 0 Å². The van der Waals surface area contributed by atoms with Crippen molar-refractivity contribution < 1.29 is 39.5 Å². The summed E-state index contributed by atoms with van der Waals surface area (Å²) >= 11 is 0. The number of hydrogen-bond donors (Lipinski definition) is 4. The predicted molar refractivity (Wildman–Crippen MR) is 177 cm³/mol. The monoisotopic (exact) mass is 618 g/mol. The molecular formula is C36H58O8. The third-order valence-electron chi connectivity index (χ3n) is 6.54. The van der Waals surface area contributed by atoms with Crippen molar-refractivity contribution in [2.75, 3.05) is 13.2 Å². The summed E-state index contributed by atoms with van der Waals surface area (Å²) in [5, 5.41) is 36.3. The van der Waals surface area contributed by atoms with Gasteiger partial charge in [0.2, 0.25) is 0 Å². The van der Waals surface area contributed by atoms with E-state index >= 15 is 0 Å². The number of phenolic OH excluding ortho intramolecular Hbond substituents is 2. The van der Waals surface area contributed by atoms with Crippen LogP contribution in [-0.4, -0.2) is 45.6 Å². The zero-order valence-corrected chi connectivity index (χ0v) is 29.6. The van der Waals surface area contributed by atoms with Gasteiger partial charge in [-0.25, -0.2) is 0 Å². The standard InChI is InChI=1S/2C17H26O3.C2H6O2/c2*1-8-14(18)20-11-9-12(16(2,3)4)15(19)13(10-11)17(5,6)7;3-1-2-4/h2*9-10,19H,8H2,1-7H3;3-4H,1-2H2. The molecule has 0 fully saturated rings. The van der Waals surface area contributed by atoms with E-state index in [-0.39, 0.29) is 46.8 Å². The Balaban J connectivity index is 0.000000749. The third kappa shape index (κ3) is 12.9. The van der Waals surface area contributed by atoms with E-state index in [1.807, 2.05) is 83.1 Å². The maximum Gasteiger partial charge on any atom is 0.310 e. The molecule has 4 N–H and O–H groups in total. The molecule has 0 atom stereocenters. The van der Waals surface area contributed by atoms with E-state index < -0.39 is 0 Å². The predicted octanol–water partition coefficient (Wildman–Crippen LogP) is 7.58. The topological polar surface area (TPSA) is 134 Å². The van der Waals surface area contributed by atoms with Crippen molar-refractivity contribution in [3.05, 3.63) is 46.5 Å². The van der Waals surface area contributed by atoms with Gasteiger partial charge in [-0.1, -0.05) is 96.9 Å². The summed E-state index contributed by atoms with van der Waals surface area (Å²) in [5.41, 5.74) is 2.29. The second-order valence-electron chi connectivity index (χ2n) is 14.8. The molecule has 0 aliphatic rings. The number of esters is 2. The molecule has 0 saturated heterocycles. The van der Waals surface area contributed by atoms with Crippen LogP contribution in [0.25, 0.3) is 0 Å². The lowest BCUT2D eigenvalue weighted by Gasteiger charge is -2.27. The Morgan fingerprint density at radius 3 is 0.864 bits per heavy atom. The number of benzene rings is 2. The number of aromatic hydroxyl groups is 2. The molecule has 0 radical (unpaired) electrons. The van der Waals surface area contributed by atoms with Crippen LogP contribution in [0.5, 0.6) is 23.0 Å². The SMILES string of the molecule is CCC(=O)Oc1cc(C(C)(C)C)c(O)c(C(C)(C)C)c1.CCC(=O)Oc1cc(C(C)(C)C)c(O)c(C(C)(C)C)c1.OCCO. The molecule has 0 saturated carbocycles. The summed E-state index contributed by atoms with van der Waals surface area (Å²) < 4.78 is 10.7. The second-order valence-corrected chi connectivity index (χ2v) is 14.8. The molecule has 0 unspecified atom stereocenters. The van der Waals surface area contributed by atoms with Gasteiger partial charge in [0.15, 0.2) is 0 Å². The van der Waals surface area contributed by atoms with Gasteiger partial charge in [0, 0.05) is 35.1 Å².